The molecule has 4 nitrogen and oxygen atoms in total. The van der Waals surface area contributed by atoms with Gasteiger partial charge in [0.25, 0.3) is 0 Å². The Balaban J connectivity index is 2.49. The van der Waals surface area contributed by atoms with E-state index in [1.54, 1.807) is 38.6 Å². The molecule has 0 unspecified atom stereocenters. The van der Waals surface area contributed by atoms with Crippen molar-refractivity contribution in [2.75, 3.05) is 14.2 Å². The lowest BCUT2D eigenvalue weighted by Gasteiger charge is -2.09. The molecule has 1 aromatic heterocycles. The standard InChI is InChI=1S/C14H13NO3/c1-17-11-4-5-13(15-8-11)12-7-10(9-16)3-6-14(12)18-2/h3-9H,1-2H3. The minimum absolute atomic E-state index is 0.586. The molecule has 0 saturated carbocycles. The molecular weight excluding hydrogens is 230 g/mol. The molecule has 0 aliphatic rings. The molecule has 92 valence electrons. The predicted octanol–water partition coefficient (Wildman–Crippen LogP) is 2.58. The summed E-state index contributed by atoms with van der Waals surface area (Å²) in [6, 6.07) is 8.85. The van der Waals surface area contributed by atoms with Gasteiger partial charge in [0.1, 0.15) is 17.8 Å². The SMILES string of the molecule is COc1ccc(-c2cc(C=O)ccc2OC)nc1. The molecule has 0 fully saturated rings. The lowest BCUT2D eigenvalue weighted by Crippen LogP contribution is -1.92. The first-order valence-corrected chi connectivity index (χ1v) is 5.42. The quantitative estimate of drug-likeness (QED) is 0.774. The summed E-state index contributed by atoms with van der Waals surface area (Å²) in [6.07, 6.45) is 2.43. The summed E-state index contributed by atoms with van der Waals surface area (Å²) in [5, 5.41) is 0. The van der Waals surface area contributed by atoms with E-state index in [0.717, 1.165) is 17.5 Å². The van der Waals surface area contributed by atoms with Crippen molar-refractivity contribution in [2.45, 2.75) is 0 Å². The van der Waals surface area contributed by atoms with Gasteiger partial charge in [0.2, 0.25) is 0 Å². The van der Waals surface area contributed by atoms with Crippen LogP contribution in [-0.4, -0.2) is 25.5 Å². The van der Waals surface area contributed by atoms with Gasteiger partial charge in [0.05, 0.1) is 26.1 Å². The molecule has 0 saturated heterocycles. The molecule has 0 atom stereocenters. The lowest BCUT2D eigenvalue weighted by molar-refractivity contribution is 0.112. The maximum Gasteiger partial charge on any atom is 0.150 e. The molecular formula is C14H13NO3. The number of carbonyl (C=O) groups is 1. The van der Waals surface area contributed by atoms with E-state index >= 15 is 0 Å². The van der Waals surface area contributed by atoms with Crippen molar-refractivity contribution in [1.82, 2.24) is 4.98 Å². The van der Waals surface area contributed by atoms with Crippen molar-refractivity contribution in [1.29, 1.82) is 0 Å². The molecule has 1 heterocycles. The van der Waals surface area contributed by atoms with E-state index in [9.17, 15) is 4.79 Å². The highest BCUT2D eigenvalue weighted by atomic mass is 16.5. The maximum absolute atomic E-state index is 10.8. The Kier molecular flexibility index (Phi) is 3.57. The van der Waals surface area contributed by atoms with Gasteiger partial charge in [-0.1, -0.05) is 0 Å². The summed E-state index contributed by atoms with van der Waals surface area (Å²) in [5.41, 5.74) is 2.10. The van der Waals surface area contributed by atoms with Gasteiger partial charge >= 0.3 is 0 Å². The highest BCUT2D eigenvalue weighted by Gasteiger charge is 2.08. The minimum Gasteiger partial charge on any atom is -0.496 e. The molecule has 4 heteroatoms. The summed E-state index contributed by atoms with van der Waals surface area (Å²) >= 11 is 0. The summed E-state index contributed by atoms with van der Waals surface area (Å²) < 4.78 is 10.3. The van der Waals surface area contributed by atoms with E-state index in [0.29, 0.717) is 17.1 Å². The van der Waals surface area contributed by atoms with Crippen LogP contribution in [0.15, 0.2) is 36.5 Å². The Morgan fingerprint density at radius 2 is 1.94 bits per heavy atom. The number of nitrogens with zero attached hydrogens (tertiary/aromatic N) is 1. The van der Waals surface area contributed by atoms with Crippen LogP contribution in [0.1, 0.15) is 10.4 Å². The van der Waals surface area contributed by atoms with Gasteiger partial charge in [-0.15, -0.1) is 0 Å². The molecule has 2 aromatic rings. The third-order valence-electron chi connectivity index (χ3n) is 2.61. The number of aldehydes is 1. The Morgan fingerprint density at radius 3 is 2.50 bits per heavy atom. The molecule has 2 rings (SSSR count). The molecule has 0 amide bonds. The van der Waals surface area contributed by atoms with Crippen molar-refractivity contribution in [2.24, 2.45) is 0 Å². The molecule has 0 N–H and O–H groups in total. The number of hydrogen-bond acceptors (Lipinski definition) is 4. The highest BCUT2D eigenvalue weighted by Crippen LogP contribution is 2.29. The number of benzene rings is 1. The van der Waals surface area contributed by atoms with Gasteiger partial charge < -0.3 is 9.47 Å². The van der Waals surface area contributed by atoms with Crippen molar-refractivity contribution in [3.05, 3.63) is 42.1 Å². The van der Waals surface area contributed by atoms with Crippen LogP contribution in [0, 0.1) is 0 Å². The van der Waals surface area contributed by atoms with E-state index in [4.69, 9.17) is 9.47 Å². The number of hydrogen-bond donors (Lipinski definition) is 0. The van der Waals surface area contributed by atoms with Gasteiger partial charge in [-0.05, 0) is 30.3 Å². The van der Waals surface area contributed by atoms with Gasteiger partial charge in [-0.3, -0.25) is 9.78 Å². The number of pyridine rings is 1. The molecule has 0 radical (unpaired) electrons. The molecule has 0 bridgehead atoms. The zero-order chi connectivity index (χ0) is 13.0. The number of ether oxygens (including phenoxy) is 2. The monoisotopic (exact) mass is 243 g/mol. The van der Waals surface area contributed by atoms with Gasteiger partial charge in [0.15, 0.2) is 0 Å². The lowest BCUT2D eigenvalue weighted by atomic mass is 10.1. The molecule has 0 aliphatic carbocycles. The summed E-state index contributed by atoms with van der Waals surface area (Å²) in [6.45, 7) is 0. The van der Waals surface area contributed by atoms with E-state index in [1.807, 2.05) is 12.1 Å². The number of aromatic nitrogens is 1. The van der Waals surface area contributed by atoms with E-state index < -0.39 is 0 Å². The maximum atomic E-state index is 10.8. The summed E-state index contributed by atoms with van der Waals surface area (Å²) in [5.74, 6) is 1.36. The second-order valence-corrected chi connectivity index (χ2v) is 3.66. The van der Waals surface area contributed by atoms with Gasteiger partial charge in [-0.2, -0.15) is 0 Å². The van der Waals surface area contributed by atoms with Crippen LogP contribution < -0.4 is 9.47 Å². The van der Waals surface area contributed by atoms with Crippen molar-refractivity contribution < 1.29 is 14.3 Å². The number of methoxy groups -OCH3 is 2. The third-order valence-corrected chi connectivity index (χ3v) is 2.61. The van der Waals surface area contributed by atoms with Gasteiger partial charge in [0, 0.05) is 11.1 Å². The zero-order valence-corrected chi connectivity index (χ0v) is 10.2. The Hall–Kier alpha value is -2.36. The number of rotatable bonds is 4. The minimum atomic E-state index is 0.586. The van der Waals surface area contributed by atoms with Crippen LogP contribution in [0.5, 0.6) is 11.5 Å². The van der Waals surface area contributed by atoms with E-state index in [-0.39, 0.29) is 0 Å². The smallest absolute Gasteiger partial charge is 0.150 e. The molecule has 0 aliphatic heterocycles. The normalized spacial score (nSPS) is 9.89. The summed E-state index contributed by atoms with van der Waals surface area (Å²) in [4.78, 5) is 15.1. The average molecular weight is 243 g/mol. The van der Waals surface area contributed by atoms with Crippen molar-refractivity contribution in [3.63, 3.8) is 0 Å². The van der Waals surface area contributed by atoms with Crippen LogP contribution in [0.4, 0.5) is 0 Å². The van der Waals surface area contributed by atoms with Crippen molar-refractivity contribution >= 4 is 6.29 Å². The first kappa shape index (κ1) is 12.1. The van der Waals surface area contributed by atoms with Gasteiger partial charge in [-0.25, -0.2) is 0 Å². The fourth-order valence-corrected chi connectivity index (χ4v) is 1.66. The first-order valence-electron chi connectivity index (χ1n) is 5.42. The highest BCUT2D eigenvalue weighted by molar-refractivity contribution is 5.80. The topological polar surface area (TPSA) is 48.4 Å². The fraction of sp³-hybridized carbons (Fsp3) is 0.143. The zero-order valence-electron chi connectivity index (χ0n) is 10.2. The first-order chi connectivity index (χ1) is 8.78. The van der Waals surface area contributed by atoms with E-state index in [1.165, 1.54) is 0 Å². The summed E-state index contributed by atoms with van der Waals surface area (Å²) in [7, 11) is 3.17. The molecule has 0 spiro atoms. The van der Waals surface area contributed by atoms with Crippen molar-refractivity contribution in [3.8, 4) is 22.8 Å². The van der Waals surface area contributed by atoms with Crippen LogP contribution in [0.2, 0.25) is 0 Å². The van der Waals surface area contributed by atoms with Crippen LogP contribution >= 0.6 is 0 Å². The van der Waals surface area contributed by atoms with Crippen LogP contribution in [-0.2, 0) is 0 Å². The average Bonchev–Trinajstić information content (AvgIpc) is 2.46. The van der Waals surface area contributed by atoms with Crippen LogP contribution in [0.25, 0.3) is 11.3 Å². The predicted molar refractivity (Wildman–Crippen MR) is 68.2 cm³/mol. The molecule has 1 aromatic carbocycles. The molecule has 18 heavy (non-hydrogen) atoms. The number of carbonyl (C=O) groups excluding carboxylic acids is 1. The largest absolute Gasteiger partial charge is 0.496 e. The Morgan fingerprint density at radius 1 is 1.11 bits per heavy atom. The second-order valence-electron chi connectivity index (χ2n) is 3.66. The van der Waals surface area contributed by atoms with E-state index in [2.05, 4.69) is 4.98 Å². The third kappa shape index (κ3) is 2.32. The Labute approximate surface area is 105 Å². The fourth-order valence-electron chi connectivity index (χ4n) is 1.66. The Bertz CT molecular complexity index is 549. The van der Waals surface area contributed by atoms with Crippen LogP contribution in [0.3, 0.4) is 0 Å². The second kappa shape index (κ2) is 5.31.